The highest BCUT2D eigenvalue weighted by Crippen LogP contribution is 2.32. The van der Waals surface area contributed by atoms with Crippen molar-refractivity contribution in [2.75, 3.05) is 7.05 Å². The van der Waals surface area contributed by atoms with Crippen molar-refractivity contribution in [3.8, 4) is 0 Å². The smallest absolute Gasteiger partial charge is 0.0312 e. The molecular weight excluding hydrogens is 134 g/mol. The van der Waals surface area contributed by atoms with E-state index in [1.807, 2.05) is 0 Å². The van der Waals surface area contributed by atoms with Gasteiger partial charge in [0.05, 0.1) is 0 Å². The summed E-state index contributed by atoms with van der Waals surface area (Å²) in [4.78, 5) is 2.41. The Morgan fingerprint density at radius 3 is 2.91 bits per heavy atom. The summed E-state index contributed by atoms with van der Waals surface area (Å²) in [7, 11) is 2.22. The van der Waals surface area contributed by atoms with Gasteiger partial charge < -0.3 is 4.90 Å². The number of rotatable bonds is 0. The van der Waals surface area contributed by atoms with Crippen LogP contribution in [0.2, 0.25) is 0 Å². The molecule has 0 radical (unpaired) electrons. The summed E-state index contributed by atoms with van der Waals surface area (Å²) in [6, 6.07) is 0.869. The summed E-state index contributed by atoms with van der Waals surface area (Å²) in [6.45, 7) is 0. The van der Waals surface area contributed by atoms with Gasteiger partial charge in [0.15, 0.2) is 0 Å². The second-order valence-electron chi connectivity index (χ2n) is 3.90. The molecule has 11 heavy (non-hydrogen) atoms. The van der Waals surface area contributed by atoms with Crippen molar-refractivity contribution >= 4 is 0 Å². The standard InChI is InChI=1S/C10H17N/c1-11-8-4-6-9-5-2-3-7-10(9)11/h4,8-10H,2-3,5-7H2,1H3. The Morgan fingerprint density at radius 2 is 2.09 bits per heavy atom. The van der Waals surface area contributed by atoms with Crippen molar-refractivity contribution < 1.29 is 0 Å². The first-order valence-corrected chi connectivity index (χ1v) is 4.76. The Kier molecular flexibility index (Phi) is 1.89. The molecule has 1 heteroatoms. The Morgan fingerprint density at radius 1 is 1.27 bits per heavy atom. The summed E-state index contributed by atoms with van der Waals surface area (Å²) in [5.74, 6) is 0.971. The Labute approximate surface area is 69.1 Å². The number of nitrogens with zero attached hydrogens (tertiary/aromatic N) is 1. The fourth-order valence-electron chi connectivity index (χ4n) is 2.51. The van der Waals surface area contributed by atoms with Crippen LogP contribution < -0.4 is 0 Å². The molecular formula is C10H17N. The molecule has 2 atom stereocenters. The van der Waals surface area contributed by atoms with Gasteiger partial charge in [-0.25, -0.2) is 0 Å². The second kappa shape index (κ2) is 2.88. The average Bonchev–Trinajstić information content (AvgIpc) is 2.06. The average molecular weight is 151 g/mol. The lowest BCUT2D eigenvalue weighted by molar-refractivity contribution is 0.161. The third-order valence-electron chi connectivity index (χ3n) is 3.17. The van der Waals surface area contributed by atoms with Gasteiger partial charge in [0.25, 0.3) is 0 Å². The van der Waals surface area contributed by atoms with Gasteiger partial charge in [-0.2, -0.15) is 0 Å². The fraction of sp³-hybridized carbons (Fsp3) is 0.800. The molecule has 2 unspecified atom stereocenters. The van der Waals surface area contributed by atoms with E-state index in [0.29, 0.717) is 0 Å². The highest BCUT2D eigenvalue weighted by molar-refractivity contribution is 4.97. The molecule has 2 rings (SSSR count). The van der Waals surface area contributed by atoms with Crippen LogP contribution in [0.4, 0.5) is 0 Å². The first-order chi connectivity index (χ1) is 5.38. The second-order valence-corrected chi connectivity index (χ2v) is 3.90. The zero-order valence-corrected chi connectivity index (χ0v) is 7.29. The van der Waals surface area contributed by atoms with Gasteiger partial charge >= 0.3 is 0 Å². The SMILES string of the molecule is CN1C=CCC2CCCCC21. The maximum Gasteiger partial charge on any atom is 0.0312 e. The molecule has 0 N–H and O–H groups in total. The summed E-state index contributed by atoms with van der Waals surface area (Å²) in [5.41, 5.74) is 0. The van der Waals surface area contributed by atoms with E-state index in [9.17, 15) is 0 Å². The topological polar surface area (TPSA) is 3.24 Å². The molecule has 0 amide bonds. The molecule has 0 aromatic carbocycles. The van der Waals surface area contributed by atoms with E-state index in [-0.39, 0.29) is 0 Å². The lowest BCUT2D eigenvalue weighted by atomic mass is 9.80. The maximum atomic E-state index is 2.41. The molecule has 0 aromatic heterocycles. The summed E-state index contributed by atoms with van der Waals surface area (Å²) >= 11 is 0. The first kappa shape index (κ1) is 7.20. The summed E-state index contributed by atoms with van der Waals surface area (Å²) in [5, 5.41) is 0. The zero-order valence-electron chi connectivity index (χ0n) is 7.29. The van der Waals surface area contributed by atoms with Crippen LogP contribution in [0.15, 0.2) is 12.3 Å². The highest BCUT2D eigenvalue weighted by atomic mass is 15.1. The van der Waals surface area contributed by atoms with Gasteiger partial charge in [0.1, 0.15) is 0 Å². The quantitative estimate of drug-likeness (QED) is 0.514. The lowest BCUT2D eigenvalue weighted by Crippen LogP contribution is -2.38. The lowest BCUT2D eigenvalue weighted by Gasteiger charge is -2.39. The van der Waals surface area contributed by atoms with Crippen LogP contribution in [0.25, 0.3) is 0 Å². The molecule has 2 aliphatic rings. The van der Waals surface area contributed by atoms with Crippen LogP contribution in [0.1, 0.15) is 32.1 Å². The van der Waals surface area contributed by atoms with Crippen LogP contribution in [0, 0.1) is 5.92 Å². The summed E-state index contributed by atoms with van der Waals surface area (Å²) in [6.07, 6.45) is 11.7. The third-order valence-corrected chi connectivity index (χ3v) is 3.17. The molecule has 1 heterocycles. The van der Waals surface area contributed by atoms with Crippen molar-refractivity contribution in [3.63, 3.8) is 0 Å². The number of hydrogen-bond acceptors (Lipinski definition) is 1. The van der Waals surface area contributed by atoms with E-state index in [0.717, 1.165) is 12.0 Å². The van der Waals surface area contributed by atoms with Gasteiger partial charge in [-0.3, -0.25) is 0 Å². The minimum Gasteiger partial charge on any atom is -0.377 e. The molecule has 1 fully saturated rings. The molecule has 1 aliphatic carbocycles. The Bertz CT molecular complexity index is 162. The van der Waals surface area contributed by atoms with Crippen molar-refractivity contribution in [3.05, 3.63) is 12.3 Å². The van der Waals surface area contributed by atoms with Crippen LogP contribution >= 0.6 is 0 Å². The molecule has 62 valence electrons. The molecule has 0 aromatic rings. The van der Waals surface area contributed by atoms with Crippen molar-refractivity contribution in [2.24, 2.45) is 5.92 Å². The van der Waals surface area contributed by atoms with Crippen molar-refractivity contribution in [1.29, 1.82) is 0 Å². The van der Waals surface area contributed by atoms with Crippen molar-refractivity contribution in [1.82, 2.24) is 4.90 Å². The Balaban J connectivity index is 2.08. The minimum atomic E-state index is 0.869. The van der Waals surface area contributed by atoms with Crippen LogP contribution in [-0.4, -0.2) is 18.0 Å². The fourth-order valence-corrected chi connectivity index (χ4v) is 2.51. The summed E-state index contributed by atoms with van der Waals surface area (Å²) < 4.78 is 0. The van der Waals surface area contributed by atoms with Crippen LogP contribution in [0.3, 0.4) is 0 Å². The van der Waals surface area contributed by atoms with Gasteiger partial charge in [-0.05, 0) is 31.4 Å². The molecule has 1 nitrogen and oxygen atoms in total. The normalized spacial score (nSPS) is 37.0. The first-order valence-electron chi connectivity index (χ1n) is 4.76. The molecule has 0 saturated heterocycles. The predicted molar refractivity (Wildman–Crippen MR) is 47.3 cm³/mol. The van der Waals surface area contributed by atoms with Gasteiger partial charge in [-0.1, -0.05) is 18.9 Å². The van der Waals surface area contributed by atoms with Gasteiger partial charge in [0.2, 0.25) is 0 Å². The van der Waals surface area contributed by atoms with E-state index in [4.69, 9.17) is 0 Å². The number of allylic oxidation sites excluding steroid dienone is 1. The van der Waals surface area contributed by atoms with E-state index in [1.165, 1.54) is 32.1 Å². The van der Waals surface area contributed by atoms with E-state index in [2.05, 4.69) is 24.2 Å². The molecule has 1 saturated carbocycles. The predicted octanol–water partition coefficient (Wildman–Crippen LogP) is 2.39. The monoisotopic (exact) mass is 151 g/mol. The van der Waals surface area contributed by atoms with Gasteiger partial charge in [0, 0.05) is 13.1 Å². The third kappa shape index (κ3) is 1.29. The Hall–Kier alpha value is -0.460. The van der Waals surface area contributed by atoms with Crippen molar-refractivity contribution in [2.45, 2.75) is 38.1 Å². The highest BCUT2D eigenvalue weighted by Gasteiger charge is 2.27. The maximum absolute atomic E-state index is 2.41. The van der Waals surface area contributed by atoms with Crippen LogP contribution in [0.5, 0.6) is 0 Å². The van der Waals surface area contributed by atoms with Gasteiger partial charge in [-0.15, -0.1) is 0 Å². The van der Waals surface area contributed by atoms with E-state index >= 15 is 0 Å². The molecule has 0 spiro atoms. The largest absolute Gasteiger partial charge is 0.377 e. The van der Waals surface area contributed by atoms with E-state index < -0.39 is 0 Å². The number of hydrogen-bond donors (Lipinski definition) is 0. The zero-order chi connectivity index (χ0) is 7.68. The number of fused-ring (bicyclic) bond motifs is 1. The van der Waals surface area contributed by atoms with Crippen LogP contribution in [-0.2, 0) is 0 Å². The minimum absolute atomic E-state index is 0.869. The molecule has 1 aliphatic heterocycles. The molecule has 0 bridgehead atoms. The van der Waals surface area contributed by atoms with E-state index in [1.54, 1.807) is 0 Å².